The van der Waals surface area contributed by atoms with Gasteiger partial charge in [0.25, 0.3) is 0 Å². The molecule has 78 valence electrons. The van der Waals surface area contributed by atoms with Crippen LogP contribution in [0.3, 0.4) is 0 Å². The summed E-state index contributed by atoms with van der Waals surface area (Å²) in [6, 6.07) is 0.476. The molecule has 0 saturated carbocycles. The molecule has 0 fully saturated rings. The number of nitrogens with two attached hydrogens (primary N) is 1. The molecule has 0 bridgehead atoms. The molecule has 0 aromatic carbocycles. The molecule has 0 aliphatic rings. The van der Waals surface area contributed by atoms with E-state index in [2.05, 4.69) is 38.1 Å². The Morgan fingerprint density at radius 2 is 2.00 bits per heavy atom. The summed E-state index contributed by atoms with van der Waals surface area (Å²) in [6.45, 7) is 4.05. The van der Waals surface area contributed by atoms with Crippen molar-refractivity contribution in [3.8, 4) is 0 Å². The van der Waals surface area contributed by atoms with Gasteiger partial charge >= 0.3 is 0 Å². The minimum absolute atomic E-state index is 0.188. The lowest BCUT2D eigenvalue weighted by Crippen LogP contribution is -2.26. The van der Waals surface area contributed by atoms with Crippen LogP contribution >= 0.6 is 15.9 Å². The van der Waals surface area contributed by atoms with E-state index in [9.17, 15) is 0 Å². The Morgan fingerprint density at radius 3 is 2.50 bits per heavy atom. The number of hydrogen-bond acceptors (Lipinski definition) is 4. The van der Waals surface area contributed by atoms with Crippen LogP contribution in [0.5, 0.6) is 0 Å². The summed E-state index contributed by atoms with van der Waals surface area (Å²) in [6.07, 6.45) is 4.33. The van der Waals surface area contributed by atoms with E-state index in [4.69, 9.17) is 5.73 Å². The molecule has 0 spiro atoms. The fraction of sp³-hybridized carbons (Fsp3) is 0.556. The molecule has 2 atom stereocenters. The molecule has 0 saturated heterocycles. The third-order valence-electron chi connectivity index (χ3n) is 1.72. The summed E-state index contributed by atoms with van der Waals surface area (Å²) in [5, 5.41) is 3.18. The SMILES string of the molecule is CC(N)CC(C)Nc1ncc(Br)cn1. The summed E-state index contributed by atoms with van der Waals surface area (Å²) < 4.78 is 0.878. The number of halogens is 1. The van der Waals surface area contributed by atoms with Crippen molar-refractivity contribution in [2.75, 3.05) is 5.32 Å². The van der Waals surface area contributed by atoms with Crippen LogP contribution in [-0.2, 0) is 0 Å². The lowest BCUT2D eigenvalue weighted by molar-refractivity contribution is 0.601. The van der Waals surface area contributed by atoms with Gasteiger partial charge in [0.05, 0.1) is 4.47 Å². The van der Waals surface area contributed by atoms with E-state index >= 15 is 0 Å². The van der Waals surface area contributed by atoms with Crippen molar-refractivity contribution < 1.29 is 0 Å². The first-order valence-electron chi connectivity index (χ1n) is 4.57. The molecule has 1 heterocycles. The fourth-order valence-corrected chi connectivity index (χ4v) is 1.43. The maximum atomic E-state index is 5.68. The molecule has 0 aliphatic carbocycles. The standard InChI is InChI=1S/C9H15BrN4/c1-6(11)3-7(2)14-9-12-4-8(10)5-13-9/h4-7H,3,11H2,1-2H3,(H,12,13,14). The topological polar surface area (TPSA) is 63.8 Å². The Morgan fingerprint density at radius 1 is 1.43 bits per heavy atom. The van der Waals surface area contributed by atoms with E-state index in [-0.39, 0.29) is 12.1 Å². The molecular formula is C9H15BrN4. The van der Waals surface area contributed by atoms with Gasteiger partial charge < -0.3 is 11.1 Å². The minimum atomic E-state index is 0.188. The van der Waals surface area contributed by atoms with Crippen molar-refractivity contribution in [2.24, 2.45) is 5.73 Å². The van der Waals surface area contributed by atoms with Gasteiger partial charge in [0, 0.05) is 24.5 Å². The van der Waals surface area contributed by atoms with E-state index in [1.54, 1.807) is 12.4 Å². The number of anilines is 1. The molecule has 0 aliphatic heterocycles. The second-order valence-electron chi connectivity index (χ2n) is 3.48. The van der Waals surface area contributed by atoms with Gasteiger partial charge in [-0.05, 0) is 36.2 Å². The smallest absolute Gasteiger partial charge is 0.222 e. The average molecular weight is 259 g/mol. The highest BCUT2D eigenvalue weighted by atomic mass is 79.9. The maximum Gasteiger partial charge on any atom is 0.222 e. The van der Waals surface area contributed by atoms with E-state index in [0.29, 0.717) is 5.95 Å². The van der Waals surface area contributed by atoms with Crippen molar-refractivity contribution in [1.29, 1.82) is 0 Å². The van der Waals surface area contributed by atoms with Gasteiger partial charge in [0.15, 0.2) is 0 Å². The first-order valence-corrected chi connectivity index (χ1v) is 5.37. The molecule has 0 amide bonds. The van der Waals surface area contributed by atoms with E-state index in [0.717, 1.165) is 10.9 Å². The predicted octanol–water partition coefficient (Wildman–Crippen LogP) is 1.78. The predicted molar refractivity (Wildman–Crippen MR) is 61.1 cm³/mol. The van der Waals surface area contributed by atoms with Crippen molar-refractivity contribution >= 4 is 21.9 Å². The van der Waals surface area contributed by atoms with E-state index < -0.39 is 0 Å². The van der Waals surface area contributed by atoms with Gasteiger partial charge in [0.2, 0.25) is 5.95 Å². The van der Waals surface area contributed by atoms with Gasteiger partial charge in [-0.2, -0.15) is 0 Å². The lowest BCUT2D eigenvalue weighted by Gasteiger charge is -2.15. The van der Waals surface area contributed by atoms with Crippen LogP contribution in [0.1, 0.15) is 20.3 Å². The minimum Gasteiger partial charge on any atom is -0.352 e. The van der Waals surface area contributed by atoms with Crippen molar-refractivity contribution in [3.05, 3.63) is 16.9 Å². The molecule has 1 rings (SSSR count). The molecule has 2 unspecified atom stereocenters. The number of aromatic nitrogens is 2. The second kappa shape index (κ2) is 5.26. The van der Waals surface area contributed by atoms with Gasteiger partial charge in [-0.15, -0.1) is 0 Å². The van der Waals surface area contributed by atoms with Gasteiger partial charge in [-0.1, -0.05) is 0 Å². The van der Waals surface area contributed by atoms with Crippen LogP contribution in [0, 0.1) is 0 Å². The first kappa shape index (κ1) is 11.4. The molecule has 1 aromatic heterocycles. The Balaban J connectivity index is 2.47. The molecule has 0 radical (unpaired) electrons. The highest BCUT2D eigenvalue weighted by molar-refractivity contribution is 9.10. The Hall–Kier alpha value is -0.680. The third kappa shape index (κ3) is 4.02. The van der Waals surface area contributed by atoms with Gasteiger partial charge in [-0.25, -0.2) is 9.97 Å². The largest absolute Gasteiger partial charge is 0.352 e. The number of nitrogens with one attached hydrogen (secondary N) is 1. The molecule has 1 aromatic rings. The molecule has 3 N–H and O–H groups in total. The molecular weight excluding hydrogens is 244 g/mol. The monoisotopic (exact) mass is 258 g/mol. The first-order chi connectivity index (χ1) is 6.58. The highest BCUT2D eigenvalue weighted by Crippen LogP contribution is 2.08. The van der Waals surface area contributed by atoms with E-state index in [1.165, 1.54) is 0 Å². The molecule has 5 heteroatoms. The summed E-state index contributed by atoms with van der Waals surface area (Å²) in [7, 11) is 0. The van der Waals surface area contributed by atoms with Crippen molar-refractivity contribution in [2.45, 2.75) is 32.4 Å². The van der Waals surface area contributed by atoms with Crippen LogP contribution in [0.4, 0.5) is 5.95 Å². The normalized spacial score (nSPS) is 14.9. The summed E-state index contributed by atoms with van der Waals surface area (Å²) in [5.74, 6) is 0.640. The number of rotatable bonds is 4. The van der Waals surface area contributed by atoms with Crippen molar-refractivity contribution in [3.63, 3.8) is 0 Å². The molecule has 14 heavy (non-hydrogen) atoms. The van der Waals surface area contributed by atoms with Crippen LogP contribution in [-0.4, -0.2) is 22.1 Å². The van der Waals surface area contributed by atoms with Crippen LogP contribution in [0.2, 0.25) is 0 Å². The Bertz CT molecular complexity index is 273. The quantitative estimate of drug-likeness (QED) is 0.865. The van der Waals surface area contributed by atoms with Crippen LogP contribution in [0.25, 0.3) is 0 Å². The van der Waals surface area contributed by atoms with Gasteiger partial charge in [0.1, 0.15) is 0 Å². The zero-order valence-electron chi connectivity index (χ0n) is 8.37. The maximum absolute atomic E-state index is 5.68. The second-order valence-corrected chi connectivity index (χ2v) is 4.40. The number of nitrogens with zero attached hydrogens (tertiary/aromatic N) is 2. The summed E-state index contributed by atoms with van der Waals surface area (Å²) in [4.78, 5) is 8.23. The summed E-state index contributed by atoms with van der Waals surface area (Å²) in [5.41, 5.74) is 5.68. The lowest BCUT2D eigenvalue weighted by atomic mass is 10.1. The van der Waals surface area contributed by atoms with Crippen LogP contribution < -0.4 is 11.1 Å². The zero-order chi connectivity index (χ0) is 10.6. The van der Waals surface area contributed by atoms with Gasteiger partial charge in [-0.3, -0.25) is 0 Å². The van der Waals surface area contributed by atoms with Crippen molar-refractivity contribution in [1.82, 2.24) is 9.97 Å². The number of hydrogen-bond donors (Lipinski definition) is 2. The Kier molecular flexibility index (Phi) is 4.28. The van der Waals surface area contributed by atoms with E-state index in [1.807, 2.05) is 6.92 Å². The molecule has 4 nitrogen and oxygen atoms in total. The summed E-state index contributed by atoms with van der Waals surface area (Å²) >= 11 is 3.28. The highest BCUT2D eigenvalue weighted by Gasteiger charge is 2.05. The zero-order valence-corrected chi connectivity index (χ0v) is 9.95. The fourth-order valence-electron chi connectivity index (χ4n) is 1.22. The average Bonchev–Trinajstić information content (AvgIpc) is 2.07. The van der Waals surface area contributed by atoms with Crippen LogP contribution in [0.15, 0.2) is 16.9 Å². The third-order valence-corrected chi connectivity index (χ3v) is 2.13. The Labute approximate surface area is 92.5 Å².